The van der Waals surface area contributed by atoms with E-state index in [1.807, 2.05) is 51.1 Å². The molecule has 22 heavy (non-hydrogen) atoms. The standard InChI is InChI=1S/C18H26N2O2/c1-13(2)12-17(21)20-11-7-10-16(20)18(22)19-14(3)15-8-5-4-6-9-15/h4-6,8-9,13-14,16H,7,10-12H2,1-3H3,(H,19,22). The first-order valence-corrected chi connectivity index (χ1v) is 8.14. The Hall–Kier alpha value is -1.84. The molecular formula is C18H26N2O2. The molecule has 1 aromatic carbocycles. The Morgan fingerprint density at radius 2 is 1.91 bits per heavy atom. The molecular weight excluding hydrogens is 276 g/mol. The molecule has 2 unspecified atom stereocenters. The molecule has 0 radical (unpaired) electrons. The van der Waals surface area contributed by atoms with Crippen LogP contribution in [-0.4, -0.2) is 29.3 Å². The van der Waals surface area contributed by atoms with Gasteiger partial charge in [0.05, 0.1) is 6.04 Å². The molecule has 1 aromatic rings. The largest absolute Gasteiger partial charge is 0.348 e. The number of hydrogen-bond acceptors (Lipinski definition) is 2. The van der Waals surface area contributed by atoms with Crippen molar-refractivity contribution in [1.82, 2.24) is 10.2 Å². The van der Waals surface area contributed by atoms with Gasteiger partial charge in [0.1, 0.15) is 6.04 Å². The van der Waals surface area contributed by atoms with Gasteiger partial charge in [0.15, 0.2) is 0 Å². The van der Waals surface area contributed by atoms with Crippen LogP contribution >= 0.6 is 0 Å². The van der Waals surface area contributed by atoms with Crippen molar-refractivity contribution in [2.75, 3.05) is 6.54 Å². The first kappa shape index (κ1) is 16.5. The molecule has 1 fully saturated rings. The quantitative estimate of drug-likeness (QED) is 0.909. The number of carbonyl (C=O) groups excluding carboxylic acids is 2. The lowest BCUT2D eigenvalue weighted by atomic mass is 10.1. The zero-order valence-corrected chi connectivity index (χ0v) is 13.7. The third-order valence-corrected chi connectivity index (χ3v) is 4.12. The topological polar surface area (TPSA) is 49.4 Å². The minimum Gasteiger partial charge on any atom is -0.348 e. The minimum atomic E-state index is -0.308. The summed E-state index contributed by atoms with van der Waals surface area (Å²) in [7, 11) is 0. The number of hydrogen-bond donors (Lipinski definition) is 1. The van der Waals surface area contributed by atoms with Crippen molar-refractivity contribution in [1.29, 1.82) is 0 Å². The lowest BCUT2D eigenvalue weighted by molar-refractivity contribution is -0.139. The maximum absolute atomic E-state index is 12.5. The summed E-state index contributed by atoms with van der Waals surface area (Å²) in [5.41, 5.74) is 1.08. The third-order valence-electron chi connectivity index (χ3n) is 4.12. The van der Waals surface area contributed by atoms with Gasteiger partial charge in [0, 0.05) is 13.0 Å². The van der Waals surface area contributed by atoms with Gasteiger partial charge in [-0.15, -0.1) is 0 Å². The van der Waals surface area contributed by atoms with E-state index in [2.05, 4.69) is 5.32 Å². The van der Waals surface area contributed by atoms with Crippen LogP contribution in [-0.2, 0) is 9.59 Å². The van der Waals surface area contributed by atoms with Gasteiger partial charge in [-0.25, -0.2) is 0 Å². The molecule has 4 nitrogen and oxygen atoms in total. The normalized spacial score (nSPS) is 19.3. The van der Waals surface area contributed by atoms with Crippen LogP contribution in [0, 0.1) is 5.92 Å². The molecule has 1 aliphatic heterocycles. The van der Waals surface area contributed by atoms with Crippen LogP contribution in [0.4, 0.5) is 0 Å². The van der Waals surface area contributed by atoms with Crippen LogP contribution in [0.25, 0.3) is 0 Å². The summed E-state index contributed by atoms with van der Waals surface area (Å²) in [6.45, 7) is 6.73. The Balaban J connectivity index is 1.97. The van der Waals surface area contributed by atoms with Crippen molar-refractivity contribution in [2.45, 2.75) is 52.1 Å². The molecule has 1 heterocycles. The second kappa shape index (κ2) is 7.43. The van der Waals surface area contributed by atoms with Gasteiger partial charge in [0.2, 0.25) is 11.8 Å². The smallest absolute Gasteiger partial charge is 0.243 e. The molecule has 120 valence electrons. The maximum Gasteiger partial charge on any atom is 0.243 e. The van der Waals surface area contributed by atoms with Crippen LogP contribution in [0.5, 0.6) is 0 Å². The second-order valence-corrected chi connectivity index (χ2v) is 6.48. The Bertz CT molecular complexity index is 513. The molecule has 0 saturated carbocycles. The number of likely N-dealkylation sites (tertiary alicyclic amines) is 1. The molecule has 0 spiro atoms. The molecule has 1 saturated heterocycles. The molecule has 0 aliphatic carbocycles. The summed E-state index contributed by atoms with van der Waals surface area (Å²) < 4.78 is 0. The van der Waals surface area contributed by atoms with Gasteiger partial charge >= 0.3 is 0 Å². The summed E-state index contributed by atoms with van der Waals surface area (Å²) in [6, 6.07) is 9.54. The fourth-order valence-corrected chi connectivity index (χ4v) is 2.94. The van der Waals surface area contributed by atoms with Crippen LogP contribution in [0.3, 0.4) is 0 Å². The van der Waals surface area contributed by atoms with E-state index in [-0.39, 0.29) is 23.9 Å². The van der Waals surface area contributed by atoms with Crippen LogP contribution < -0.4 is 5.32 Å². The minimum absolute atomic E-state index is 0.0361. The Labute approximate surface area is 132 Å². The van der Waals surface area contributed by atoms with Gasteiger partial charge < -0.3 is 10.2 Å². The third kappa shape index (κ3) is 4.09. The zero-order valence-electron chi connectivity index (χ0n) is 13.7. The van der Waals surface area contributed by atoms with E-state index in [0.717, 1.165) is 18.4 Å². The van der Waals surface area contributed by atoms with Gasteiger partial charge in [-0.05, 0) is 31.2 Å². The highest BCUT2D eigenvalue weighted by atomic mass is 16.2. The lowest BCUT2D eigenvalue weighted by Crippen LogP contribution is -2.46. The highest BCUT2D eigenvalue weighted by Gasteiger charge is 2.34. The van der Waals surface area contributed by atoms with Crippen molar-refractivity contribution in [2.24, 2.45) is 5.92 Å². The summed E-state index contributed by atoms with van der Waals surface area (Å²) in [4.78, 5) is 26.6. The lowest BCUT2D eigenvalue weighted by Gasteiger charge is -2.26. The number of benzene rings is 1. The average molecular weight is 302 g/mol. The molecule has 2 atom stereocenters. The highest BCUT2D eigenvalue weighted by Crippen LogP contribution is 2.21. The number of carbonyl (C=O) groups is 2. The average Bonchev–Trinajstić information content (AvgIpc) is 2.97. The molecule has 4 heteroatoms. The van der Waals surface area contributed by atoms with Gasteiger partial charge in [-0.3, -0.25) is 9.59 Å². The molecule has 1 N–H and O–H groups in total. The van der Waals surface area contributed by atoms with Gasteiger partial charge in [-0.2, -0.15) is 0 Å². The Morgan fingerprint density at radius 3 is 2.55 bits per heavy atom. The van der Waals surface area contributed by atoms with E-state index in [9.17, 15) is 9.59 Å². The van der Waals surface area contributed by atoms with Crippen molar-refractivity contribution < 1.29 is 9.59 Å². The molecule has 0 bridgehead atoms. The maximum atomic E-state index is 12.5. The first-order valence-electron chi connectivity index (χ1n) is 8.14. The monoisotopic (exact) mass is 302 g/mol. The van der Waals surface area contributed by atoms with Gasteiger partial charge in [0.25, 0.3) is 0 Å². The highest BCUT2D eigenvalue weighted by molar-refractivity contribution is 5.88. The van der Waals surface area contributed by atoms with E-state index in [1.165, 1.54) is 0 Å². The van der Waals surface area contributed by atoms with Crippen LogP contribution in [0.1, 0.15) is 51.6 Å². The van der Waals surface area contributed by atoms with E-state index < -0.39 is 0 Å². The molecule has 1 aliphatic rings. The summed E-state index contributed by atoms with van der Waals surface area (Å²) >= 11 is 0. The fourth-order valence-electron chi connectivity index (χ4n) is 2.94. The predicted molar refractivity (Wildman–Crippen MR) is 87.2 cm³/mol. The van der Waals surface area contributed by atoms with Crippen molar-refractivity contribution >= 4 is 11.8 Å². The van der Waals surface area contributed by atoms with Gasteiger partial charge in [-0.1, -0.05) is 44.2 Å². The van der Waals surface area contributed by atoms with Crippen molar-refractivity contribution in [3.8, 4) is 0 Å². The summed E-state index contributed by atoms with van der Waals surface area (Å²) in [5, 5.41) is 3.04. The summed E-state index contributed by atoms with van der Waals surface area (Å²) in [5.74, 6) is 0.381. The first-order chi connectivity index (χ1) is 10.5. The van der Waals surface area contributed by atoms with Crippen molar-refractivity contribution in [3.63, 3.8) is 0 Å². The number of nitrogens with zero attached hydrogens (tertiary/aromatic N) is 1. The zero-order chi connectivity index (χ0) is 16.1. The van der Waals surface area contributed by atoms with Crippen LogP contribution in [0.2, 0.25) is 0 Å². The fraction of sp³-hybridized carbons (Fsp3) is 0.556. The van der Waals surface area contributed by atoms with E-state index >= 15 is 0 Å². The summed E-state index contributed by atoms with van der Waals surface area (Å²) in [6.07, 6.45) is 2.18. The molecule has 0 aromatic heterocycles. The predicted octanol–water partition coefficient (Wildman–Crippen LogP) is 2.90. The van der Waals surface area contributed by atoms with Crippen LogP contribution in [0.15, 0.2) is 30.3 Å². The Kier molecular flexibility index (Phi) is 5.58. The number of rotatable bonds is 5. The SMILES string of the molecule is CC(C)CC(=O)N1CCCC1C(=O)NC(C)c1ccccc1. The molecule has 2 amide bonds. The number of amides is 2. The molecule has 2 rings (SSSR count). The van der Waals surface area contributed by atoms with E-state index in [1.54, 1.807) is 4.90 Å². The second-order valence-electron chi connectivity index (χ2n) is 6.48. The number of nitrogens with one attached hydrogen (secondary N) is 1. The van der Waals surface area contributed by atoms with E-state index in [0.29, 0.717) is 18.9 Å². The van der Waals surface area contributed by atoms with E-state index in [4.69, 9.17) is 0 Å². The van der Waals surface area contributed by atoms with Crippen molar-refractivity contribution in [3.05, 3.63) is 35.9 Å². The Morgan fingerprint density at radius 1 is 1.23 bits per heavy atom.